The maximum Gasteiger partial charge on any atom is 1.00 e. The summed E-state index contributed by atoms with van der Waals surface area (Å²) in [5.74, 6) is 0.810. The molecule has 0 aliphatic heterocycles. The maximum absolute atomic E-state index is 10.1. The number of hydrogen-bond donors (Lipinski definition) is 2. The Morgan fingerprint density at radius 1 is 0.800 bits per heavy atom. The Morgan fingerprint density at radius 2 is 1.17 bits per heavy atom. The Hall–Kier alpha value is 0.980. The van der Waals surface area contributed by atoms with Crippen LogP contribution in [0.1, 0.15) is 116 Å². The van der Waals surface area contributed by atoms with Crippen molar-refractivity contribution in [1.29, 1.82) is 0 Å². The van der Waals surface area contributed by atoms with Crippen molar-refractivity contribution in [3.05, 3.63) is 29.3 Å². The Bertz CT molecular complexity index is 563. The fraction of sp³-hybridized carbons (Fsp3) is 0.750. The summed E-state index contributed by atoms with van der Waals surface area (Å²) in [5.41, 5.74) is -0.674. The summed E-state index contributed by atoms with van der Waals surface area (Å²) in [7, 11) is 0. The van der Waals surface area contributed by atoms with E-state index in [4.69, 9.17) is 16.3 Å². The van der Waals surface area contributed by atoms with Crippen LogP contribution in [0, 0.1) is 0 Å². The van der Waals surface area contributed by atoms with Crippen LogP contribution in [0.5, 0.6) is 5.75 Å². The van der Waals surface area contributed by atoms with E-state index in [0.717, 1.165) is 31.4 Å². The van der Waals surface area contributed by atoms with Gasteiger partial charge in [0.15, 0.2) is 0 Å². The molecule has 6 heteroatoms. The van der Waals surface area contributed by atoms with Crippen LogP contribution in [0.2, 0.25) is 0 Å². The quantitative estimate of drug-likeness (QED) is 0.118. The molecule has 0 fully saturated rings. The number of unbranched alkanes of at least 4 members (excludes halogenated alkanes) is 12. The first-order valence-corrected chi connectivity index (χ1v) is 15.7. The molecule has 0 saturated heterocycles. The predicted molar refractivity (Wildman–Crippen MR) is 137 cm³/mol. The van der Waals surface area contributed by atoms with Gasteiger partial charge in [0, 0.05) is 0 Å². The van der Waals surface area contributed by atoms with Crippen molar-refractivity contribution in [2.45, 2.75) is 117 Å². The predicted octanol–water partition coefficient (Wildman–Crippen LogP) is 5.91. The number of rotatable bonds is 18. The molecule has 0 amide bonds. The van der Waals surface area contributed by atoms with Crippen molar-refractivity contribution >= 4 is 29.7 Å². The van der Waals surface area contributed by atoms with Crippen molar-refractivity contribution in [1.82, 2.24) is 0 Å². The molecule has 0 radical (unpaired) electrons. The fourth-order valence-electron chi connectivity index (χ4n) is 3.81. The average molecular weight is 483 g/mol. The summed E-state index contributed by atoms with van der Waals surface area (Å²) in [4.78, 5) is 10.1. The molecule has 0 heterocycles. The minimum Gasteiger partial charge on any atom is -1.00 e. The maximum atomic E-state index is 10.1. The van der Waals surface area contributed by atoms with E-state index in [2.05, 4.69) is 44.3 Å². The van der Waals surface area contributed by atoms with Crippen molar-refractivity contribution in [3.8, 4) is 5.75 Å². The minimum atomic E-state index is -3.03. The van der Waals surface area contributed by atoms with E-state index < -0.39 is 5.69 Å². The van der Waals surface area contributed by atoms with Crippen LogP contribution in [-0.2, 0) is 24.6 Å². The molecule has 30 heavy (non-hydrogen) atoms. The molecule has 0 aliphatic rings. The molecule has 1 atom stereocenters. The second kappa shape index (κ2) is 19.4. The SMILES string of the molecule is CCCCCCCCCc1cccc(CCCCCCCCC)c1OP(O)(=S)S.[H-].[Na+]. The van der Waals surface area contributed by atoms with Crippen LogP contribution in [0.15, 0.2) is 18.2 Å². The van der Waals surface area contributed by atoms with Gasteiger partial charge in [-0.2, -0.15) is 0 Å². The van der Waals surface area contributed by atoms with E-state index >= 15 is 0 Å². The van der Waals surface area contributed by atoms with Gasteiger partial charge in [0.25, 0.3) is 5.69 Å². The first-order chi connectivity index (χ1) is 14.0. The normalized spacial score (nSPS) is 12.9. The Kier molecular flexibility index (Phi) is 20.1. The molecule has 0 aromatic heterocycles. The number of thiol groups is 1. The Labute approximate surface area is 220 Å². The summed E-state index contributed by atoms with van der Waals surface area (Å²) in [6.07, 6.45) is 20.1. The molecular weight excluding hydrogens is 438 g/mol. The molecule has 1 rings (SSSR count). The first kappa shape index (κ1) is 31.0. The van der Waals surface area contributed by atoms with Crippen LogP contribution < -0.4 is 34.1 Å². The van der Waals surface area contributed by atoms with Gasteiger partial charge in [-0.05, 0) is 48.6 Å². The first-order valence-electron chi connectivity index (χ1n) is 11.8. The summed E-state index contributed by atoms with van der Waals surface area (Å²) in [6, 6.07) is 6.37. The molecule has 1 aromatic rings. The third-order valence-electron chi connectivity index (χ3n) is 5.49. The van der Waals surface area contributed by atoms with Gasteiger partial charge in [0.2, 0.25) is 0 Å². The van der Waals surface area contributed by atoms with Gasteiger partial charge in [-0.1, -0.05) is 121 Å². The van der Waals surface area contributed by atoms with Gasteiger partial charge in [0.1, 0.15) is 5.75 Å². The van der Waals surface area contributed by atoms with Gasteiger partial charge in [-0.25, -0.2) is 0 Å². The Morgan fingerprint density at radius 3 is 1.53 bits per heavy atom. The average Bonchev–Trinajstić information content (AvgIpc) is 2.67. The topological polar surface area (TPSA) is 29.5 Å². The Balaban J connectivity index is 0. The van der Waals surface area contributed by atoms with Crippen LogP contribution in [0.25, 0.3) is 0 Å². The standard InChI is InChI=1S/C24H43O2PS2.Na.H/c1-3-5-7-9-11-13-15-18-22-20-17-21-23(24(22)26-27(25,28)29)19-16-14-12-10-8-6-4-2;;/h17,20-21H,3-16,18-19H2,1-2H3,(H2,25,28,29);;/q;+1;-1. The molecule has 0 aliphatic carbocycles. The summed E-state index contributed by atoms with van der Waals surface area (Å²) in [5, 5.41) is 0. The fourth-order valence-corrected chi connectivity index (χ4v) is 4.75. The van der Waals surface area contributed by atoms with Crippen LogP contribution in [0.3, 0.4) is 0 Å². The summed E-state index contributed by atoms with van der Waals surface area (Å²) < 4.78 is 5.83. The molecule has 1 aromatic carbocycles. The second-order valence-electron chi connectivity index (χ2n) is 8.23. The van der Waals surface area contributed by atoms with Gasteiger partial charge >= 0.3 is 29.6 Å². The van der Waals surface area contributed by atoms with Crippen LogP contribution in [-0.4, -0.2) is 4.89 Å². The largest absolute Gasteiger partial charge is 1.00 e. The van der Waals surface area contributed by atoms with Gasteiger partial charge in [0.05, 0.1) is 0 Å². The third-order valence-corrected chi connectivity index (χ3v) is 6.38. The van der Waals surface area contributed by atoms with Crippen molar-refractivity contribution in [3.63, 3.8) is 0 Å². The molecule has 0 saturated carbocycles. The molecule has 0 bridgehead atoms. The van der Waals surface area contributed by atoms with E-state index in [9.17, 15) is 4.89 Å². The molecular formula is C24H44NaO2PS2. The van der Waals surface area contributed by atoms with Gasteiger partial charge < -0.3 is 10.8 Å². The molecule has 2 nitrogen and oxygen atoms in total. The summed E-state index contributed by atoms with van der Waals surface area (Å²) in [6.45, 7) is 4.51. The van der Waals surface area contributed by atoms with Gasteiger partial charge in [-0.3, -0.25) is 0 Å². The smallest absolute Gasteiger partial charge is 1.00 e. The van der Waals surface area contributed by atoms with E-state index in [1.165, 1.54) is 88.2 Å². The van der Waals surface area contributed by atoms with E-state index in [1.54, 1.807) is 0 Å². The zero-order valence-electron chi connectivity index (χ0n) is 20.7. The number of hydrogen-bond acceptors (Lipinski definition) is 2. The summed E-state index contributed by atoms with van der Waals surface area (Å²) >= 11 is 9.22. The van der Waals surface area contributed by atoms with Crippen molar-refractivity contribution in [2.75, 3.05) is 0 Å². The molecule has 0 spiro atoms. The molecule has 1 N–H and O–H groups in total. The van der Waals surface area contributed by atoms with Gasteiger partial charge in [-0.15, -0.1) is 0 Å². The van der Waals surface area contributed by atoms with Crippen LogP contribution >= 0.6 is 17.9 Å². The minimum absolute atomic E-state index is 0. The second-order valence-corrected chi connectivity index (χ2v) is 13.3. The number of para-hydroxylation sites is 1. The van der Waals surface area contributed by atoms with Crippen molar-refractivity contribution in [2.24, 2.45) is 0 Å². The zero-order valence-corrected chi connectivity index (χ0v) is 24.3. The third kappa shape index (κ3) is 15.7. The monoisotopic (exact) mass is 482 g/mol. The van der Waals surface area contributed by atoms with E-state index in [-0.39, 0.29) is 31.0 Å². The van der Waals surface area contributed by atoms with Crippen molar-refractivity contribution < 1.29 is 40.4 Å². The van der Waals surface area contributed by atoms with E-state index in [1.807, 2.05) is 0 Å². The van der Waals surface area contributed by atoms with Crippen LogP contribution in [0.4, 0.5) is 0 Å². The molecule has 1 unspecified atom stereocenters. The molecule has 170 valence electrons. The number of benzene rings is 1. The van der Waals surface area contributed by atoms with E-state index in [0.29, 0.717) is 0 Å². The zero-order chi connectivity index (χ0) is 21.4. The number of aryl methyl sites for hydroxylation is 2.